The Morgan fingerprint density at radius 1 is 1.50 bits per heavy atom. The van der Waals surface area contributed by atoms with E-state index < -0.39 is 0 Å². The molecule has 0 aromatic heterocycles. The topological polar surface area (TPSA) is 29.5 Å². The average Bonchev–Trinajstić information content (AvgIpc) is 2.43. The van der Waals surface area contributed by atoms with Crippen LogP contribution in [0.4, 0.5) is 4.39 Å². The van der Waals surface area contributed by atoms with Crippen LogP contribution in [0.3, 0.4) is 0 Å². The van der Waals surface area contributed by atoms with Gasteiger partial charge in [-0.2, -0.15) is 0 Å². The fraction of sp³-hybridized carbons (Fsp3) is 0.533. The molecular weight excluding hydrogens is 325 g/mol. The molecule has 0 aliphatic carbocycles. The minimum absolute atomic E-state index is 0.167. The van der Waals surface area contributed by atoms with Crippen molar-refractivity contribution in [3.05, 3.63) is 34.1 Å². The van der Waals surface area contributed by atoms with Crippen molar-refractivity contribution in [2.45, 2.75) is 38.3 Å². The molecule has 1 unspecified atom stereocenters. The van der Waals surface area contributed by atoms with Gasteiger partial charge in [-0.15, -0.1) is 0 Å². The summed E-state index contributed by atoms with van der Waals surface area (Å²) < 4.78 is 18.7. The van der Waals surface area contributed by atoms with E-state index in [1.54, 1.807) is 6.07 Å². The van der Waals surface area contributed by atoms with Gasteiger partial charge in [-0.25, -0.2) is 4.39 Å². The third kappa shape index (κ3) is 4.03. The van der Waals surface area contributed by atoms with Gasteiger partial charge in [0.2, 0.25) is 0 Å². The van der Waals surface area contributed by atoms with Crippen molar-refractivity contribution in [3.63, 3.8) is 0 Å². The summed E-state index contributed by atoms with van der Waals surface area (Å²) in [4.78, 5) is 13.8. The van der Waals surface area contributed by atoms with Crippen molar-refractivity contribution in [2.75, 3.05) is 13.7 Å². The molecule has 0 radical (unpaired) electrons. The second kappa shape index (κ2) is 7.18. The van der Waals surface area contributed by atoms with Gasteiger partial charge >= 0.3 is 5.97 Å². The number of esters is 1. The third-order valence-electron chi connectivity index (χ3n) is 3.77. The van der Waals surface area contributed by atoms with Crippen LogP contribution in [-0.4, -0.2) is 30.6 Å². The highest BCUT2D eigenvalue weighted by molar-refractivity contribution is 9.10. The molecule has 0 spiro atoms. The van der Waals surface area contributed by atoms with Crippen LogP contribution in [0, 0.1) is 5.82 Å². The zero-order valence-corrected chi connectivity index (χ0v) is 13.2. The van der Waals surface area contributed by atoms with Crippen molar-refractivity contribution < 1.29 is 13.9 Å². The smallest absolute Gasteiger partial charge is 0.307 e. The minimum Gasteiger partial charge on any atom is -0.469 e. The van der Waals surface area contributed by atoms with E-state index in [1.165, 1.54) is 19.2 Å². The maximum absolute atomic E-state index is 13.1. The first-order valence-electron chi connectivity index (χ1n) is 6.85. The molecule has 1 saturated heterocycles. The van der Waals surface area contributed by atoms with Crippen LogP contribution < -0.4 is 0 Å². The second-order valence-corrected chi connectivity index (χ2v) is 5.99. The van der Waals surface area contributed by atoms with Gasteiger partial charge in [-0.3, -0.25) is 9.69 Å². The number of carbonyl (C=O) groups excluding carboxylic acids is 1. The molecule has 1 aliphatic rings. The normalized spacial score (nSPS) is 19.9. The van der Waals surface area contributed by atoms with E-state index in [9.17, 15) is 9.18 Å². The van der Waals surface area contributed by atoms with Crippen molar-refractivity contribution in [3.8, 4) is 0 Å². The largest absolute Gasteiger partial charge is 0.469 e. The number of likely N-dealkylation sites (tertiary alicyclic amines) is 1. The quantitative estimate of drug-likeness (QED) is 0.783. The fourth-order valence-corrected chi connectivity index (χ4v) is 3.12. The van der Waals surface area contributed by atoms with E-state index in [0.29, 0.717) is 6.42 Å². The van der Waals surface area contributed by atoms with Gasteiger partial charge < -0.3 is 4.74 Å². The molecule has 20 heavy (non-hydrogen) atoms. The molecule has 1 aromatic carbocycles. The zero-order valence-electron chi connectivity index (χ0n) is 11.6. The maximum Gasteiger partial charge on any atom is 0.307 e. The summed E-state index contributed by atoms with van der Waals surface area (Å²) in [6.45, 7) is 1.69. The van der Waals surface area contributed by atoms with Gasteiger partial charge in [0.1, 0.15) is 5.82 Å². The lowest BCUT2D eigenvalue weighted by atomic mass is 9.98. The highest BCUT2D eigenvalue weighted by atomic mass is 79.9. The van der Waals surface area contributed by atoms with E-state index in [-0.39, 0.29) is 17.8 Å². The van der Waals surface area contributed by atoms with Gasteiger partial charge in [-0.05, 0) is 37.1 Å². The van der Waals surface area contributed by atoms with Crippen molar-refractivity contribution in [1.29, 1.82) is 0 Å². The molecule has 1 atom stereocenters. The predicted octanol–water partition coefficient (Wildman–Crippen LogP) is 3.51. The fourth-order valence-electron chi connectivity index (χ4n) is 2.64. The summed E-state index contributed by atoms with van der Waals surface area (Å²) >= 11 is 3.40. The standard InChI is InChI=1S/C15H19BrFNO2/c1-20-15(19)9-13-4-2-3-7-18(13)10-11-5-6-12(17)8-14(11)16/h5-6,8,13H,2-4,7,9-10H2,1H3. The number of methoxy groups -OCH3 is 1. The van der Waals surface area contributed by atoms with Crippen LogP contribution in [0.1, 0.15) is 31.2 Å². The first kappa shape index (κ1) is 15.4. The van der Waals surface area contributed by atoms with Crippen LogP contribution in [-0.2, 0) is 16.1 Å². The van der Waals surface area contributed by atoms with Crippen LogP contribution in [0.15, 0.2) is 22.7 Å². The lowest BCUT2D eigenvalue weighted by molar-refractivity contribution is -0.142. The molecule has 1 heterocycles. The van der Waals surface area contributed by atoms with E-state index >= 15 is 0 Å². The SMILES string of the molecule is COC(=O)CC1CCCCN1Cc1ccc(F)cc1Br. The van der Waals surface area contributed by atoms with E-state index in [1.807, 2.05) is 0 Å². The van der Waals surface area contributed by atoms with Crippen LogP contribution >= 0.6 is 15.9 Å². The number of piperidine rings is 1. The molecule has 1 aliphatic heterocycles. The Labute approximate surface area is 127 Å². The number of hydrogen-bond donors (Lipinski definition) is 0. The third-order valence-corrected chi connectivity index (χ3v) is 4.51. The summed E-state index contributed by atoms with van der Waals surface area (Å²) in [5.74, 6) is -0.412. The Hall–Kier alpha value is -0.940. The summed E-state index contributed by atoms with van der Waals surface area (Å²) in [5, 5.41) is 0. The number of carbonyl (C=O) groups is 1. The van der Waals surface area contributed by atoms with Crippen molar-refractivity contribution >= 4 is 21.9 Å². The van der Waals surface area contributed by atoms with E-state index in [2.05, 4.69) is 20.8 Å². The molecule has 0 bridgehead atoms. The molecule has 1 fully saturated rings. The van der Waals surface area contributed by atoms with Gasteiger partial charge in [0.15, 0.2) is 0 Å². The first-order chi connectivity index (χ1) is 9.60. The summed E-state index contributed by atoms with van der Waals surface area (Å²) in [7, 11) is 1.42. The summed E-state index contributed by atoms with van der Waals surface area (Å²) in [6.07, 6.45) is 3.71. The lowest BCUT2D eigenvalue weighted by Gasteiger charge is -2.35. The molecule has 3 nitrogen and oxygen atoms in total. The number of benzene rings is 1. The highest BCUT2D eigenvalue weighted by Crippen LogP contribution is 2.25. The molecule has 1 aromatic rings. The van der Waals surface area contributed by atoms with Gasteiger partial charge in [-0.1, -0.05) is 28.4 Å². The van der Waals surface area contributed by atoms with Crippen molar-refractivity contribution in [1.82, 2.24) is 4.90 Å². The molecule has 0 amide bonds. The number of halogens is 2. The van der Waals surface area contributed by atoms with E-state index in [0.717, 1.165) is 42.4 Å². The Morgan fingerprint density at radius 3 is 3.00 bits per heavy atom. The monoisotopic (exact) mass is 343 g/mol. The summed E-state index contributed by atoms with van der Waals surface area (Å²) in [6, 6.07) is 4.96. The van der Waals surface area contributed by atoms with Crippen LogP contribution in [0.25, 0.3) is 0 Å². The van der Waals surface area contributed by atoms with Gasteiger partial charge in [0.05, 0.1) is 13.5 Å². The number of hydrogen-bond acceptors (Lipinski definition) is 3. The van der Waals surface area contributed by atoms with E-state index in [4.69, 9.17) is 4.74 Å². The number of ether oxygens (including phenoxy) is 1. The number of rotatable bonds is 4. The second-order valence-electron chi connectivity index (χ2n) is 5.14. The predicted molar refractivity (Wildman–Crippen MR) is 78.8 cm³/mol. The minimum atomic E-state index is -0.245. The first-order valence-corrected chi connectivity index (χ1v) is 7.64. The molecular formula is C15H19BrFNO2. The average molecular weight is 344 g/mol. The van der Waals surface area contributed by atoms with Crippen molar-refractivity contribution in [2.24, 2.45) is 0 Å². The molecule has 110 valence electrons. The van der Waals surface area contributed by atoms with Crippen LogP contribution in [0.2, 0.25) is 0 Å². The Bertz CT molecular complexity index is 481. The Balaban J connectivity index is 2.06. The lowest BCUT2D eigenvalue weighted by Crippen LogP contribution is -2.40. The Kier molecular flexibility index (Phi) is 5.54. The zero-order chi connectivity index (χ0) is 14.5. The molecule has 0 saturated carbocycles. The Morgan fingerprint density at radius 2 is 2.30 bits per heavy atom. The summed E-state index contributed by atoms with van der Waals surface area (Å²) in [5.41, 5.74) is 1.04. The number of nitrogens with zero attached hydrogens (tertiary/aromatic N) is 1. The molecule has 2 rings (SSSR count). The van der Waals surface area contributed by atoms with Crippen LogP contribution in [0.5, 0.6) is 0 Å². The molecule has 0 N–H and O–H groups in total. The highest BCUT2D eigenvalue weighted by Gasteiger charge is 2.25. The maximum atomic E-state index is 13.1. The van der Waals surface area contributed by atoms with Gasteiger partial charge in [0, 0.05) is 17.1 Å². The molecule has 5 heteroatoms. The van der Waals surface area contributed by atoms with Gasteiger partial charge in [0.25, 0.3) is 0 Å².